The Morgan fingerprint density at radius 3 is 2.84 bits per heavy atom. The van der Waals surface area contributed by atoms with E-state index >= 15 is 0 Å². The van der Waals surface area contributed by atoms with Crippen LogP contribution in [-0.4, -0.2) is 40.1 Å². The fraction of sp³-hybridized carbons (Fsp3) is 0.438. The number of amides is 1. The first-order valence-corrected chi connectivity index (χ1v) is 8.81. The molecule has 136 valence electrons. The molecular formula is C16H21FN4O3S. The summed E-state index contributed by atoms with van der Waals surface area (Å²) in [6, 6.07) is 5.74. The van der Waals surface area contributed by atoms with Crippen LogP contribution in [0.1, 0.15) is 24.9 Å². The van der Waals surface area contributed by atoms with Crippen LogP contribution in [0.4, 0.5) is 4.39 Å². The number of rotatable bonds is 9. The summed E-state index contributed by atoms with van der Waals surface area (Å²) in [5.41, 5.74) is 0.509. The molecule has 0 saturated carbocycles. The monoisotopic (exact) mass is 368 g/mol. The molecule has 0 saturated heterocycles. The van der Waals surface area contributed by atoms with Crippen LogP contribution in [0.3, 0.4) is 0 Å². The lowest BCUT2D eigenvalue weighted by molar-refractivity contribution is -0.119. The highest BCUT2D eigenvalue weighted by atomic mass is 32.2. The number of ether oxygens (including phenoxy) is 1. The van der Waals surface area contributed by atoms with Gasteiger partial charge in [0.25, 0.3) is 0 Å². The lowest BCUT2D eigenvalue weighted by atomic mass is 10.1. The zero-order valence-corrected chi connectivity index (χ0v) is 14.9. The van der Waals surface area contributed by atoms with E-state index in [2.05, 4.69) is 15.5 Å². The van der Waals surface area contributed by atoms with E-state index in [-0.39, 0.29) is 29.2 Å². The van der Waals surface area contributed by atoms with E-state index < -0.39 is 0 Å². The number of carbonyl (C=O) groups is 1. The van der Waals surface area contributed by atoms with Crippen LogP contribution in [0.25, 0.3) is 0 Å². The van der Waals surface area contributed by atoms with Gasteiger partial charge in [-0.2, -0.15) is 0 Å². The number of carbonyl (C=O) groups excluding carboxylic acids is 1. The molecule has 2 N–H and O–H groups in total. The molecule has 7 nitrogen and oxygen atoms in total. The number of hydrogen-bond donors (Lipinski definition) is 2. The molecular weight excluding hydrogens is 347 g/mol. The first kappa shape index (κ1) is 19.2. The third-order valence-electron chi connectivity index (χ3n) is 3.53. The molecule has 9 heteroatoms. The summed E-state index contributed by atoms with van der Waals surface area (Å²) < 4.78 is 19.4. The molecule has 0 fully saturated rings. The summed E-state index contributed by atoms with van der Waals surface area (Å²) in [6.07, 6.45) is 0.678. The van der Waals surface area contributed by atoms with Crippen LogP contribution >= 0.6 is 11.8 Å². The zero-order valence-electron chi connectivity index (χ0n) is 14.1. The minimum Gasteiger partial charge on any atom is -0.385 e. The molecule has 0 aliphatic carbocycles. The number of hydrogen-bond acceptors (Lipinski definition) is 5. The Balaban J connectivity index is 1.87. The van der Waals surface area contributed by atoms with E-state index in [4.69, 9.17) is 4.74 Å². The largest absolute Gasteiger partial charge is 0.385 e. The van der Waals surface area contributed by atoms with Crippen LogP contribution in [0.5, 0.6) is 0 Å². The molecule has 1 amide bonds. The maximum atomic E-state index is 12.9. The minimum atomic E-state index is -0.317. The van der Waals surface area contributed by atoms with Crippen molar-refractivity contribution >= 4 is 17.7 Å². The van der Waals surface area contributed by atoms with Gasteiger partial charge in [0.1, 0.15) is 5.82 Å². The lowest BCUT2D eigenvalue weighted by Crippen LogP contribution is -2.28. The molecule has 0 bridgehead atoms. The third-order valence-corrected chi connectivity index (χ3v) is 4.51. The number of methoxy groups -OCH3 is 1. The fourth-order valence-corrected chi connectivity index (χ4v) is 3.01. The molecule has 1 aromatic carbocycles. The molecule has 0 aliphatic heterocycles. The van der Waals surface area contributed by atoms with Gasteiger partial charge in [0.05, 0.1) is 11.8 Å². The Morgan fingerprint density at radius 2 is 2.16 bits per heavy atom. The van der Waals surface area contributed by atoms with Crippen molar-refractivity contribution in [2.24, 2.45) is 0 Å². The molecule has 1 atom stereocenters. The smallest absolute Gasteiger partial charge is 0.343 e. The van der Waals surface area contributed by atoms with Gasteiger partial charge in [-0.1, -0.05) is 23.9 Å². The molecule has 0 spiro atoms. The average molecular weight is 368 g/mol. The van der Waals surface area contributed by atoms with Gasteiger partial charge in [-0.3, -0.25) is 9.36 Å². The highest BCUT2D eigenvalue weighted by Crippen LogP contribution is 2.16. The normalized spacial score (nSPS) is 12.1. The molecule has 0 aliphatic rings. The fourth-order valence-electron chi connectivity index (χ4n) is 2.23. The maximum absolute atomic E-state index is 12.9. The van der Waals surface area contributed by atoms with Crippen LogP contribution in [0, 0.1) is 5.82 Å². The average Bonchev–Trinajstić information content (AvgIpc) is 2.94. The molecule has 1 heterocycles. The van der Waals surface area contributed by atoms with Gasteiger partial charge in [0.2, 0.25) is 5.91 Å². The molecule has 25 heavy (non-hydrogen) atoms. The second-order valence-electron chi connectivity index (χ2n) is 5.44. The topological polar surface area (TPSA) is 89.0 Å². The van der Waals surface area contributed by atoms with Gasteiger partial charge in [-0.25, -0.2) is 14.3 Å². The van der Waals surface area contributed by atoms with Crippen LogP contribution < -0.4 is 11.0 Å². The number of H-pyrrole nitrogens is 1. The number of nitrogens with zero attached hydrogens (tertiary/aromatic N) is 2. The van der Waals surface area contributed by atoms with Crippen molar-refractivity contribution in [3.05, 3.63) is 46.1 Å². The highest BCUT2D eigenvalue weighted by molar-refractivity contribution is 7.99. The van der Waals surface area contributed by atoms with Crippen molar-refractivity contribution < 1.29 is 13.9 Å². The summed E-state index contributed by atoms with van der Waals surface area (Å²) in [7, 11) is 1.60. The Hall–Kier alpha value is -2.13. The highest BCUT2D eigenvalue weighted by Gasteiger charge is 2.13. The first-order chi connectivity index (χ1) is 12.0. The summed E-state index contributed by atoms with van der Waals surface area (Å²) in [4.78, 5) is 23.8. The SMILES string of the molecule is COCCCn1c(SCC(=O)NC(C)c2ccc(F)cc2)n[nH]c1=O. The van der Waals surface area contributed by atoms with Crippen LogP contribution in [0.2, 0.25) is 0 Å². The molecule has 1 aromatic heterocycles. The van der Waals surface area contributed by atoms with Crippen molar-refractivity contribution in [1.29, 1.82) is 0 Å². The van der Waals surface area contributed by atoms with Gasteiger partial charge in [-0.05, 0) is 31.0 Å². The molecule has 2 rings (SSSR count). The summed E-state index contributed by atoms with van der Waals surface area (Å²) in [6.45, 7) is 2.83. The Bertz CT molecular complexity index is 745. The van der Waals surface area contributed by atoms with E-state index in [9.17, 15) is 14.0 Å². The van der Waals surface area contributed by atoms with E-state index in [1.807, 2.05) is 6.92 Å². The van der Waals surface area contributed by atoms with Gasteiger partial charge >= 0.3 is 5.69 Å². The van der Waals surface area contributed by atoms with Gasteiger partial charge < -0.3 is 10.1 Å². The van der Waals surface area contributed by atoms with Crippen molar-refractivity contribution in [1.82, 2.24) is 20.1 Å². The molecule has 1 unspecified atom stereocenters. The van der Waals surface area contributed by atoms with Gasteiger partial charge in [0.15, 0.2) is 5.16 Å². The number of aromatic nitrogens is 3. The van der Waals surface area contributed by atoms with Crippen LogP contribution in [0.15, 0.2) is 34.2 Å². The number of nitrogens with one attached hydrogen (secondary N) is 2. The van der Waals surface area contributed by atoms with Gasteiger partial charge in [-0.15, -0.1) is 5.10 Å². The van der Waals surface area contributed by atoms with Gasteiger partial charge in [0, 0.05) is 20.3 Å². The maximum Gasteiger partial charge on any atom is 0.343 e. The first-order valence-electron chi connectivity index (χ1n) is 7.83. The van der Waals surface area contributed by atoms with Crippen molar-refractivity contribution in [3.63, 3.8) is 0 Å². The number of halogens is 1. The predicted molar refractivity (Wildman–Crippen MR) is 93.0 cm³/mol. The Labute approximate surface area is 149 Å². The number of thioether (sulfide) groups is 1. The summed E-state index contributed by atoms with van der Waals surface area (Å²) in [5, 5.41) is 9.63. The van der Waals surface area contributed by atoms with E-state index in [1.165, 1.54) is 28.5 Å². The van der Waals surface area contributed by atoms with E-state index in [0.29, 0.717) is 24.7 Å². The van der Waals surface area contributed by atoms with E-state index in [1.54, 1.807) is 19.2 Å². The Morgan fingerprint density at radius 1 is 1.44 bits per heavy atom. The third kappa shape index (κ3) is 5.71. The quantitative estimate of drug-likeness (QED) is 0.520. The molecule has 2 aromatic rings. The standard InChI is InChI=1S/C16H21FN4O3S/c1-11(12-4-6-13(17)7-5-12)18-14(22)10-25-16-20-19-15(23)21(16)8-3-9-24-2/h4-7,11H,3,8-10H2,1-2H3,(H,18,22)(H,19,23). The molecule has 0 radical (unpaired) electrons. The van der Waals surface area contributed by atoms with Crippen LogP contribution in [-0.2, 0) is 16.1 Å². The minimum absolute atomic E-state index is 0.125. The Kier molecular flexibility index (Phi) is 7.20. The van der Waals surface area contributed by atoms with Crippen molar-refractivity contribution in [3.8, 4) is 0 Å². The predicted octanol–water partition coefficient (Wildman–Crippen LogP) is 1.72. The lowest BCUT2D eigenvalue weighted by Gasteiger charge is -2.14. The second-order valence-corrected chi connectivity index (χ2v) is 6.38. The van der Waals surface area contributed by atoms with E-state index in [0.717, 1.165) is 5.56 Å². The summed E-state index contributed by atoms with van der Waals surface area (Å²) >= 11 is 1.18. The van der Waals surface area contributed by atoms with Crippen molar-refractivity contribution in [2.75, 3.05) is 19.5 Å². The summed E-state index contributed by atoms with van der Waals surface area (Å²) in [5.74, 6) is -0.386. The zero-order chi connectivity index (χ0) is 18.2. The van der Waals surface area contributed by atoms with Crippen molar-refractivity contribution in [2.45, 2.75) is 31.1 Å². The number of benzene rings is 1. The second kappa shape index (κ2) is 9.38. The number of aromatic amines is 1.